The second kappa shape index (κ2) is 51.2. The van der Waals surface area contributed by atoms with Crippen molar-refractivity contribution in [2.45, 2.75) is 233 Å². The molecule has 0 spiro atoms. The van der Waals surface area contributed by atoms with E-state index >= 15 is 0 Å². The first-order valence-corrected chi connectivity index (χ1v) is 28.8. The minimum Gasteiger partial charge on any atom is -0.396 e. The summed E-state index contributed by atoms with van der Waals surface area (Å²) in [6.07, 6.45) is 45.3. The first-order valence-electron chi connectivity index (χ1n) is 25.3. The smallest absolute Gasteiger partial charge is 0.0635 e. The number of ether oxygens (including phenoxy) is 3. The summed E-state index contributed by atoms with van der Waals surface area (Å²) in [6, 6.07) is 0. The molecule has 0 rings (SSSR count). The lowest BCUT2D eigenvalue weighted by atomic mass is 9.92. The zero-order valence-electron chi connectivity index (χ0n) is 38.9. The molecular weight excluding hydrogens is 761 g/mol. The van der Waals surface area contributed by atoms with Crippen molar-refractivity contribution in [2.75, 3.05) is 80.8 Å². The van der Waals surface area contributed by atoms with Gasteiger partial charge in [-0.1, -0.05) is 194 Å². The SMILES string of the molecule is CCCCCCCCCCCCSCCCOCC(CO)(COCCCSCCCCCCCCCCCC)COCCCSCCCCCCCCCCCC. The van der Waals surface area contributed by atoms with Crippen LogP contribution in [-0.2, 0) is 14.2 Å². The van der Waals surface area contributed by atoms with E-state index in [-0.39, 0.29) is 6.61 Å². The molecule has 0 atom stereocenters. The Morgan fingerprint density at radius 2 is 0.509 bits per heavy atom. The van der Waals surface area contributed by atoms with Crippen molar-refractivity contribution >= 4 is 35.3 Å². The second-order valence-corrected chi connectivity index (χ2v) is 20.9. The van der Waals surface area contributed by atoms with E-state index in [1.165, 1.54) is 210 Å². The van der Waals surface area contributed by atoms with Crippen molar-refractivity contribution in [3.05, 3.63) is 0 Å². The first-order chi connectivity index (χ1) is 28.2. The molecule has 0 fully saturated rings. The van der Waals surface area contributed by atoms with E-state index in [2.05, 4.69) is 56.1 Å². The number of thioether (sulfide) groups is 3. The van der Waals surface area contributed by atoms with Crippen molar-refractivity contribution in [3.63, 3.8) is 0 Å². The van der Waals surface area contributed by atoms with Crippen LogP contribution in [0, 0.1) is 5.41 Å². The van der Waals surface area contributed by atoms with Crippen LogP contribution in [0.3, 0.4) is 0 Å². The quantitative estimate of drug-likeness (QED) is 0.0611. The Bertz CT molecular complexity index is 627. The summed E-state index contributed by atoms with van der Waals surface area (Å²) in [4.78, 5) is 0. The lowest BCUT2D eigenvalue weighted by Gasteiger charge is -2.31. The molecule has 0 amide bonds. The van der Waals surface area contributed by atoms with Crippen molar-refractivity contribution < 1.29 is 19.3 Å². The molecule has 0 aliphatic rings. The monoisotopic (exact) mass is 863 g/mol. The maximum atomic E-state index is 10.6. The molecule has 0 aromatic carbocycles. The molecule has 0 heterocycles. The molecule has 0 aromatic heterocycles. The first kappa shape index (κ1) is 57.9. The van der Waals surface area contributed by atoms with Gasteiger partial charge in [0.15, 0.2) is 0 Å². The third-order valence-corrected chi connectivity index (χ3v) is 14.7. The number of aliphatic hydroxyl groups is 1. The molecule has 344 valence electrons. The van der Waals surface area contributed by atoms with Crippen LogP contribution in [0.4, 0.5) is 0 Å². The Labute approximate surface area is 371 Å². The molecule has 0 aliphatic carbocycles. The van der Waals surface area contributed by atoms with Crippen LogP contribution in [0.15, 0.2) is 0 Å². The largest absolute Gasteiger partial charge is 0.396 e. The molecule has 1 N–H and O–H groups in total. The predicted octanol–water partition coefficient (Wildman–Crippen LogP) is 16.1. The van der Waals surface area contributed by atoms with Gasteiger partial charge in [-0.15, -0.1) is 0 Å². The topological polar surface area (TPSA) is 47.9 Å². The van der Waals surface area contributed by atoms with Gasteiger partial charge in [-0.25, -0.2) is 0 Å². The minimum atomic E-state index is -0.477. The highest BCUT2D eigenvalue weighted by Crippen LogP contribution is 2.21. The summed E-state index contributed by atoms with van der Waals surface area (Å²) >= 11 is 6.23. The van der Waals surface area contributed by atoms with Crippen LogP contribution in [0.1, 0.15) is 233 Å². The van der Waals surface area contributed by atoms with Crippen molar-refractivity contribution in [1.82, 2.24) is 0 Å². The molecule has 0 unspecified atom stereocenters. The highest BCUT2D eigenvalue weighted by atomic mass is 32.2. The van der Waals surface area contributed by atoms with Gasteiger partial charge in [0.05, 0.1) is 31.8 Å². The lowest BCUT2D eigenvalue weighted by molar-refractivity contribution is -0.0923. The molecule has 4 nitrogen and oxygen atoms in total. The fraction of sp³-hybridized carbons (Fsp3) is 1.00. The van der Waals surface area contributed by atoms with Gasteiger partial charge in [-0.3, -0.25) is 0 Å². The van der Waals surface area contributed by atoms with E-state index in [4.69, 9.17) is 14.2 Å². The molecule has 0 aliphatic heterocycles. The summed E-state index contributed by atoms with van der Waals surface area (Å²) in [5.41, 5.74) is -0.477. The maximum absolute atomic E-state index is 10.6. The zero-order valence-corrected chi connectivity index (χ0v) is 41.4. The normalized spacial score (nSPS) is 12.0. The highest BCUT2D eigenvalue weighted by molar-refractivity contribution is 7.99. The summed E-state index contributed by atoms with van der Waals surface area (Å²) in [5.74, 6) is 7.29. The Kier molecular flexibility index (Phi) is 52.0. The molecule has 7 heteroatoms. The fourth-order valence-electron chi connectivity index (χ4n) is 7.30. The van der Waals surface area contributed by atoms with E-state index in [0.29, 0.717) is 19.8 Å². The average molecular weight is 864 g/mol. The van der Waals surface area contributed by atoms with E-state index in [9.17, 15) is 5.11 Å². The number of rotatable bonds is 52. The molecule has 0 radical (unpaired) electrons. The number of hydrogen-bond donors (Lipinski definition) is 1. The van der Waals surface area contributed by atoms with E-state index in [1.807, 2.05) is 0 Å². The molecule has 0 bridgehead atoms. The summed E-state index contributed by atoms with van der Waals surface area (Å²) in [5, 5.41) is 10.6. The van der Waals surface area contributed by atoms with Crippen LogP contribution in [0.25, 0.3) is 0 Å². The van der Waals surface area contributed by atoms with Crippen LogP contribution in [-0.4, -0.2) is 85.9 Å². The van der Waals surface area contributed by atoms with Gasteiger partial charge in [-0.2, -0.15) is 35.3 Å². The fourth-order valence-corrected chi connectivity index (χ4v) is 10.1. The van der Waals surface area contributed by atoms with Crippen LogP contribution in [0.5, 0.6) is 0 Å². The van der Waals surface area contributed by atoms with E-state index in [0.717, 1.165) is 56.3 Å². The molecule has 0 saturated carbocycles. The Morgan fingerprint density at radius 1 is 0.298 bits per heavy atom. The Balaban J connectivity index is 4.19. The number of aliphatic hydroxyl groups excluding tert-OH is 1. The van der Waals surface area contributed by atoms with Gasteiger partial charge >= 0.3 is 0 Å². The van der Waals surface area contributed by atoms with Gasteiger partial charge in [0, 0.05) is 19.8 Å². The van der Waals surface area contributed by atoms with Gasteiger partial charge in [0.1, 0.15) is 0 Å². The Morgan fingerprint density at radius 3 is 0.737 bits per heavy atom. The third-order valence-electron chi connectivity index (χ3n) is 11.2. The lowest BCUT2D eigenvalue weighted by Crippen LogP contribution is -2.41. The van der Waals surface area contributed by atoms with Crippen LogP contribution in [0.2, 0.25) is 0 Å². The number of hydrogen-bond acceptors (Lipinski definition) is 7. The van der Waals surface area contributed by atoms with Gasteiger partial charge in [-0.05, 0) is 73.0 Å². The Hall–Kier alpha value is 0.890. The highest BCUT2D eigenvalue weighted by Gasteiger charge is 2.31. The summed E-state index contributed by atoms with van der Waals surface area (Å²) in [7, 11) is 0. The van der Waals surface area contributed by atoms with E-state index in [1.54, 1.807) is 0 Å². The predicted molar refractivity (Wildman–Crippen MR) is 263 cm³/mol. The summed E-state index contributed by atoms with van der Waals surface area (Å²) in [6.45, 7) is 10.7. The van der Waals surface area contributed by atoms with Crippen molar-refractivity contribution in [2.24, 2.45) is 5.41 Å². The average Bonchev–Trinajstić information content (AvgIpc) is 3.22. The van der Waals surface area contributed by atoms with Crippen LogP contribution >= 0.6 is 35.3 Å². The molecular formula is C50H102O4S3. The zero-order chi connectivity index (χ0) is 41.3. The van der Waals surface area contributed by atoms with E-state index < -0.39 is 5.41 Å². The van der Waals surface area contributed by atoms with Crippen molar-refractivity contribution in [3.8, 4) is 0 Å². The number of unbranched alkanes of at least 4 members (excludes halogenated alkanes) is 27. The standard InChI is InChI=1S/C50H102O4S3/c1-4-7-10-13-16-19-22-25-28-31-40-55-43-34-37-52-47-50(46-51,48-53-38-35-44-56-41-32-29-26-23-20-17-14-11-8-5-2)49-54-39-36-45-57-42-33-30-27-24-21-18-15-12-9-6-3/h51H,4-49H2,1-3H3. The van der Waals surface area contributed by atoms with Gasteiger partial charge < -0.3 is 19.3 Å². The van der Waals surface area contributed by atoms with Gasteiger partial charge in [0.2, 0.25) is 0 Å². The molecule has 57 heavy (non-hydrogen) atoms. The van der Waals surface area contributed by atoms with Gasteiger partial charge in [0.25, 0.3) is 0 Å². The van der Waals surface area contributed by atoms with Crippen LogP contribution < -0.4 is 0 Å². The third kappa shape index (κ3) is 46.2. The summed E-state index contributed by atoms with van der Waals surface area (Å²) < 4.78 is 18.6. The second-order valence-electron chi connectivity index (χ2n) is 17.3. The molecule has 0 saturated heterocycles. The van der Waals surface area contributed by atoms with Crippen molar-refractivity contribution in [1.29, 1.82) is 0 Å². The minimum absolute atomic E-state index is 0.0431. The maximum Gasteiger partial charge on any atom is 0.0635 e. The molecule has 0 aromatic rings.